The third kappa shape index (κ3) is 2.88. The van der Waals surface area contributed by atoms with Gasteiger partial charge in [0.2, 0.25) is 17.1 Å². The van der Waals surface area contributed by atoms with Crippen molar-refractivity contribution in [2.75, 3.05) is 0 Å². The van der Waals surface area contributed by atoms with Crippen molar-refractivity contribution in [2.24, 2.45) is 0 Å². The van der Waals surface area contributed by atoms with Crippen LogP contribution in [0.5, 0.6) is 11.5 Å². The first-order valence-corrected chi connectivity index (χ1v) is 8.81. The van der Waals surface area contributed by atoms with E-state index in [2.05, 4.69) is 9.88 Å². The second-order valence-corrected chi connectivity index (χ2v) is 7.18. The van der Waals surface area contributed by atoms with E-state index in [4.69, 9.17) is 0 Å². The fourth-order valence-corrected chi connectivity index (χ4v) is 3.77. The lowest BCUT2D eigenvalue weighted by molar-refractivity contribution is -0.355. The molecule has 1 aliphatic rings. The number of phenols is 2. The quantitative estimate of drug-likeness (QED) is 0.555. The van der Waals surface area contributed by atoms with Gasteiger partial charge in [0.25, 0.3) is 0 Å². The van der Waals surface area contributed by atoms with Crippen molar-refractivity contribution in [3.05, 3.63) is 82.4 Å². The van der Waals surface area contributed by atoms with Crippen LogP contribution in [-0.2, 0) is 21.2 Å². The van der Waals surface area contributed by atoms with Gasteiger partial charge in [0.1, 0.15) is 11.5 Å². The fourth-order valence-electron chi connectivity index (χ4n) is 3.77. The van der Waals surface area contributed by atoms with Gasteiger partial charge in [-0.05, 0) is 48.2 Å². The van der Waals surface area contributed by atoms with Crippen LogP contribution >= 0.6 is 0 Å². The Balaban J connectivity index is 2.56. The molecule has 0 aromatic heterocycles. The topological polar surface area (TPSA) is 58.9 Å². The maximum absolute atomic E-state index is 16.8. The molecule has 0 aliphatic heterocycles. The lowest BCUT2D eigenvalue weighted by Crippen LogP contribution is -2.62. The molecule has 0 spiro atoms. The maximum atomic E-state index is 16.8. The van der Waals surface area contributed by atoms with Gasteiger partial charge in [-0.2, -0.15) is 4.39 Å². The van der Waals surface area contributed by atoms with Crippen LogP contribution in [0.3, 0.4) is 0 Å². The SMILES string of the molecule is CC(C)=C1C(F)=C(OF)C(F)(c2ccc(O)cc2)C(F)(c2ccc(O)cc2)C1(F)OF. The van der Waals surface area contributed by atoms with Gasteiger partial charge in [-0.3, -0.25) is 4.94 Å². The van der Waals surface area contributed by atoms with Gasteiger partial charge in [0.15, 0.2) is 5.83 Å². The number of aromatic hydroxyl groups is 2. The Bertz CT molecular complexity index is 1050. The first-order chi connectivity index (χ1) is 14.5. The minimum atomic E-state index is -4.46. The molecule has 31 heavy (non-hydrogen) atoms. The van der Waals surface area contributed by atoms with Crippen molar-refractivity contribution >= 4 is 0 Å². The van der Waals surface area contributed by atoms with E-state index in [9.17, 15) is 19.3 Å². The number of hydrogen-bond acceptors (Lipinski definition) is 4. The van der Waals surface area contributed by atoms with Gasteiger partial charge in [-0.15, -0.1) is 4.94 Å². The molecule has 1 aliphatic carbocycles. The van der Waals surface area contributed by atoms with Gasteiger partial charge in [0.05, 0.1) is 5.57 Å². The summed E-state index contributed by atoms with van der Waals surface area (Å²) >= 11 is 0. The van der Waals surface area contributed by atoms with Crippen LogP contribution in [0.15, 0.2) is 71.3 Å². The lowest BCUT2D eigenvalue weighted by Gasteiger charge is -2.48. The monoisotopic (exact) mass is 446 g/mol. The molecule has 0 heterocycles. The summed E-state index contributed by atoms with van der Waals surface area (Å²) in [4.78, 5) is 6.61. The minimum absolute atomic E-state index is 0.402. The zero-order valence-electron chi connectivity index (χ0n) is 16.1. The Morgan fingerprint density at radius 1 is 0.806 bits per heavy atom. The molecular weight excluding hydrogens is 430 g/mol. The van der Waals surface area contributed by atoms with Crippen molar-refractivity contribution in [2.45, 2.75) is 31.0 Å². The average molecular weight is 446 g/mol. The van der Waals surface area contributed by atoms with Crippen LogP contribution in [0, 0.1) is 0 Å². The third-order valence-corrected chi connectivity index (χ3v) is 5.18. The van der Waals surface area contributed by atoms with Gasteiger partial charge in [-0.25, -0.2) is 13.2 Å². The van der Waals surface area contributed by atoms with Crippen LogP contribution in [0.25, 0.3) is 0 Å². The maximum Gasteiger partial charge on any atom is 0.315 e. The smallest absolute Gasteiger partial charge is 0.315 e. The van der Waals surface area contributed by atoms with E-state index in [0.717, 1.165) is 38.1 Å². The summed E-state index contributed by atoms with van der Waals surface area (Å²) < 4.78 is 91.8. The predicted octanol–water partition coefficient (Wildman–Crippen LogP) is 6.13. The Hall–Kier alpha value is -3.14. The molecule has 3 unspecified atom stereocenters. The number of rotatable bonds is 4. The number of alkyl halides is 3. The van der Waals surface area contributed by atoms with E-state index in [-0.39, 0.29) is 0 Å². The molecule has 0 saturated carbocycles. The van der Waals surface area contributed by atoms with Crippen molar-refractivity contribution < 1.29 is 46.7 Å². The molecule has 3 atom stereocenters. The first kappa shape index (κ1) is 22.5. The number of halogens is 6. The van der Waals surface area contributed by atoms with E-state index in [1.54, 1.807) is 0 Å². The number of hydrogen-bond donors (Lipinski definition) is 2. The largest absolute Gasteiger partial charge is 0.508 e. The normalized spacial score (nSPS) is 28.6. The summed E-state index contributed by atoms with van der Waals surface area (Å²) in [5, 5.41) is 18.9. The second kappa shape index (κ2) is 7.52. The van der Waals surface area contributed by atoms with Gasteiger partial charge < -0.3 is 10.2 Å². The summed E-state index contributed by atoms with van der Waals surface area (Å²) in [6.45, 7) is 2.09. The van der Waals surface area contributed by atoms with Crippen LogP contribution in [0.2, 0.25) is 0 Å². The zero-order chi connectivity index (χ0) is 23.2. The van der Waals surface area contributed by atoms with E-state index in [1.807, 2.05) is 0 Å². The molecule has 0 radical (unpaired) electrons. The number of benzene rings is 2. The predicted molar refractivity (Wildman–Crippen MR) is 96.5 cm³/mol. The molecule has 10 heteroatoms. The molecule has 3 rings (SSSR count). The molecular formula is C21H16F6O4. The zero-order valence-corrected chi connectivity index (χ0v) is 16.1. The summed E-state index contributed by atoms with van der Waals surface area (Å²) in [7, 11) is 0. The molecule has 0 bridgehead atoms. The Morgan fingerprint density at radius 2 is 1.26 bits per heavy atom. The van der Waals surface area contributed by atoms with E-state index < -0.39 is 62.6 Å². The second-order valence-electron chi connectivity index (χ2n) is 7.18. The minimum Gasteiger partial charge on any atom is -0.508 e. The third-order valence-electron chi connectivity index (χ3n) is 5.18. The molecule has 0 amide bonds. The molecule has 0 fully saturated rings. The van der Waals surface area contributed by atoms with Crippen LogP contribution in [0.1, 0.15) is 25.0 Å². The summed E-state index contributed by atoms with van der Waals surface area (Å²) in [5.74, 6) is -9.29. The number of allylic oxidation sites excluding steroid dienone is 2. The van der Waals surface area contributed by atoms with Gasteiger partial charge in [0, 0.05) is 10.1 Å². The standard InChI is InChI=1S/C21H16F6O4/c1-11(2)16-17(22)18(30-26)19(23,12-3-7-14(28)8-4-12)20(24,21(16,25)31-27)13-5-9-15(29)10-6-13/h3-10,28-29H,1-2H3. The molecule has 2 N–H and O–H groups in total. The average Bonchev–Trinajstić information content (AvgIpc) is 2.73. The van der Waals surface area contributed by atoms with Gasteiger partial charge >= 0.3 is 5.85 Å². The van der Waals surface area contributed by atoms with E-state index >= 15 is 17.6 Å². The van der Waals surface area contributed by atoms with E-state index in [0.29, 0.717) is 24.3 Å². The highest BCUT2D eigenvalue weighted by atomic mass is 19.3. The van der Waals surface area contributed by atoms with Crippen molar-refractivity contribution in [3.8, 4) is 11.5 Å². The van der Waals surface area contributed by atoms with Crippen LogP contribution in [-0.4, -0.2) is 16.1 Å². The molecule has 4 nitrogen and oxygen atoms in total. The fraction of sp³-hybridized carbons (Fsp3) is 0.238. The molecule has 0 saturated heterocycles. The first-order valence-electron chi connectivity index (χ1n) is 8.81. The van der Waals surface area contributed by atoms with Gasteiger partial charge in [-0.1, -0.05) is 29.8 Å². The van der Waals surface area contributed by atoms with Crippen LogP contribution in [0.4, 0.5) is 26.6 Å². The van der Waals surface area contributed by atoms with Crippen molar-refractivity contribution in [1.82, 2.24) is 0 Å². The Kier molecular flexibility index (Phi) is 5.47. The summed E-state index contributed by atoms with van der Waals surface area (Å²) in [6.07, 6.45) is 0. The highest BCUT2D eigenvalue weighted by Gasteiger charge is 2.78. The number of phenolic OH excluding ortho intramolecular Hbond substituents is 2. The summed E-state index contributed by atoms with van der Waals surface area (Å²) in [6, 6.07) is 6.16. The molecule has 2 aromatic carbocycles. The Labute approximate surface area is 172 Å². The lowest BCUT2D eigenvalue weighted by atomic mass is 9.64. The van der Waals surface area contributed by atoms with Crippen molar-refractivity contribution in [3.63, 3.8) is 0 Å². The highest BCUT2D eigenvalue weighted by Crippen LogP contribution is 2.66. The highest BCUT2D eigenvalue weighted by molar-refractivity contribution is 5.56. The summed E-state index contributed by atoms with van der Waals surface area (Å²) in [5.41, 5.74) is -12.2. The Morgan fingerprint density at radius 3 is 1.65 bits per heavy atom. The van der Waals surface area contributed by atoms with E-state index in [1.165, 1.54) is 0 Å². The van der Waals surface area contributed by atoms with Crippen LogP contribution < -0.4 is 0 Å². The molecule has 166 valence electrons. The van der Waals surface area contributed by atoms with Crippen molar-refractivity contribution in [1.29, 1.82) is 0 Å². The molecule has 2 aromatic rings.